The number of hydrogen-bond acceptors (Lipinski definition) is 7. The minimum atomic E-state index is -0.883. The fraction of sp³-hybridized carbons (Fsp3) is 0.263. The van der Waals surface area contributed by atoms with E-state index in [9.17, 15) is 9.59 Å². The Morgan fingerprint density at radius 3 is 2.35 bits per heavy atom. The predicted octanol–water partition coefficient (Wildman–Crippen LogP) is 2.83. The van der Waals surface area contributed by atoms with Crippen LogP contribution in [0.3, 0.4) is 0 Å². The summed E-state index contributed by atoms with van der Waals surface area (Å²) < 4.78 is 14.9. The van der Waals surface area contributed by atoms with Gasteiger partial charge in [-0.15, -0.1) is 0 Å². The van der Waals surface area contributed by atoms with Gasteiger partial charge < -0.3 is 9.47 Å². The Labute approximate surface area is 149 Å². The van der Waals surface area contributed by atoms with Crippen LogP contribution in [0.4, 0.5) is 0 Å². The van der Waals surface area contributed by atoms with E-state index in [-0.39, 0.29) is 6.61 Å². The molecule has 0 radical (unpaired) electrons. The van der Waals surface area contributed by atoms with E-state index in [4.69, 9.17) is 14.1 Å². The molecule has 2 aromatic carbocycles. The molecule has 1 aromatic heterocycles. The summed E-state index contributed by atoms with van der Waals surface area (Å²) in [4.78, 5) is 25.3. The molecule has 0 saturated heterocycles. The van der Waals surface area contributed by atoms with Crippen molar-refractivity contribution in [3.63, 3.8) is 0 Å². The number of ether oxygens (including phenoxy) is 2. The van der Waals surface area contributed by atoms with Gasteiger partial charge in [-0.2, -0.15) is 0 Å². The lowest BCUT2D eigenvalue weighted by Crippen LogP contribution is -2.29. The second-order valence-electron chi connectivity index (χ2n) is 5.65. The molecule has 0 fully saturated rings. The maximum absolute atomic E-state index is 12.8. The first-order chi connectivity index (χ1) is 12.7. The highest BCUT2D eigenvalue weighted by Gasteiger charge is 2.38. The molecular formula is C19H18N2O5. The fourth-order valence-corrected chi connectivity index (χ4v) is 2.94. The van der Waals surface area contributed by atoms with Crippen molar-refractivity contribution >= 4 is 23.0 Å². The van der Waals surface area contributed by atoms with Crippen LogP contribution in [0, 0.1) is 0 Å². The van der Waals surface area contributed by atoms with Crippen molar-refractivity contribution in [2.75, 3.05) is 13.7 Å². The second kappa shape index (κ2) is 7.77. The van der Waals surface area contributed by atoms with Gasteiger partial charge in [-0.05, 0) is 40.5 Å². The standard InChI is InChI=1S/C19H18N2O5/c1-3-25-19(23)17(13-9-10-14-15(11-13)21-26-20-14)16(18(22)24-2)12-7-5-4-6-8-12/h4-11,16-17H,3H2,1-2H3. The molecule has 0 N–H and O–H groups in total. The highest BCUT2D eigenvalue weighted by molar-refractivity contribution is 5.91. The zero-order chi connectivity index (χ0) is 18.5. The van der Waals surface area contributed by atoms with E-state index in [1.165, 1.54) is 7.11 Å². The SMILES string of the molecule is CCOC(=O)C(c1ccc2nonc2c1)C(C(=O)OC)c1ccccc1. The van der Waals surface area contributed by atoms with Crippen LogP contribution in [0.5, 0.6) is 0 Å². The number of carbonyl (C=O) groups excluding carboxylic acids is 2. The number of fused-ring (bicyclic) bond motifs is 1. The van der Waals surface area contributed by atoms with Gasteiger partial charge >= 0.3 is 11.9 Å². The maximum atomic E-state index is 12.8. The molecule has 3 aromatic rings. The molecule has 2 atom stereocenters. The molecule has 3 rings (SSSR count). The summed E-state index contributed by atoms with van der Waals surface area (Å²) >= 11 is 0. The number of nitrogens with zero attached hydrogens (tertiary/aromatic N) is 2. The van der Waals surface area contributed by atoms with Gasteiger partial charge in [-0.25, -0.2) is 4.63 Å². The Bertz CT molecular complexity index is 906. The lowest BCUT2D eigenvalue weighted by molar-refractivity contribution is -0.152. The number of carbonyl (C=O) groups is 2. The van der Waals surface area contributed by atoms with Crippen molar-refractivity contribution in [1.82, 2.24) is 10.3 Å². The number of methoxy groups -OCH3 is 1. The van der Waals surface area contributed by atoms with Crippen molar-refractivity contribution < 1.29 is 23.7 Å². The lowest BCUT2D eigenvalue weighted by Gasteiger charge is -2.24. The van der Waals surface area contributed by atoms with Crippen molar-refractivity contribution in [3.05, 3.63) is 59.7 Å². The number of esters is 2. The van der Waals surface area contributed by atoms with Gasteiger partial charge in [0, 0.05) is 0 Å². The average Bonchev–Trinajstić information content (AvgIpc) is 3.14. The van der Waals surface area contributed by atoms with Crippen LogP contribution >= 0.6 is 0 Å². The van der Waals surface area contributed by atoms with Gasteiger partial charge in [0.15, 0.2) is 0 Å². The summed E-state index contributed by atoms with van der Waals surface area (Å²) in [6.45, 7) is 1.92. The molecular weight excluding hydrogens is 336 g/mol. The molecule has 134 valence electrons. The molecule has 0 amide bonds. The molecule has 0 spiro atoms. The van der Waals surface area contributed by atoms with E-state index in [1.807, 2.05) is 6.07 Å². The van der Waals surface area contributed by atoms with Crippen LogP contribution in [0.1, 0.15) is 29.9 Å². The first-order valence-corrected chi connectivity index (χ1v) is 8.17. The molecule has 0 aliphatic carbocycles. The quantitative estimate of drug-likeness (QED) is 0.629. The van der Waals surface area contributed by atoms with Gasteiger partial charge in [0.05, 0.1) is 25.6 Å². The Morgan fingerprint density at radius 2 is 1.65 bits per heavy atom. The van der Waals surface area contributed by atoms with Crippen LogP contribution < -0.4 is 0 Å². The van der Waals surface area contributed by atoms with Crippen molar-refractivity contribution in [2.45, 2.75) is 18.8 Å². The van der Waals surface area contributed by atoms with Gasteiger partial charge in [-0.3, -0.25) is 9.59 Å². The molecule has 7 heteroatoms. The minimum absolute atomic E-state index is 0.200. The van der Waals surface area contributed by atoms with E-state index in [0.717, 1.165) is 0 Å². The smallest absolute Gasteiger partial charge is 0.314 e. The molecule has 0 aliphatic rings. The van der Waals surface area contributed by atoms with E-state index in [0.29, 0.717) is 22.2 Å². The van der Waals surface area contributed by atoms with E-state index in [1.54, 1.807) is 49.4 Å². The van der Waals surface area contributed by atoms with Crippen molar-refractivity contribution in [1.29, 1.82) is 0 Å². The highest BCUT2D eigenvalue weighted by atomic mass is 16.6. The van der Waals surface area contributed by atoms with Crippen LogP contribution in [-0.4, -0.2) is 36.0 Å². The molecule has 1 heterocycles. The second-order valence-corrected chi connectivity index (χ2v) is 5.65. The zero-order valence-corrected chi connectivity index (χ0v) is 14.4. The first kappa shape index (κ1) is 17.6. The van der Waals surface area contributed by atoms with Crippen LogP contribution in [0.25, 0.3) is 11.0 Å². The van der Waals surface area contributed by atoms with Gasteiger partial charge in [0.25, 0.3) is 0 Å². The monoisotopic (exact) mass is 354 g/mol. The predicted molar refractivity (Wildman–Crippen MR) is 92.4 cm³/mol. The first-order valence-electron chi connectivity index (χ1n) is 8.17. The van der Waals surface area contributed by atoms with Gasteiger partial charge in [-0.1, -0.05) is 36.4 Å². The highest BCUT2D eigenvalue weighted by Crippen LogP contribution is 2.36. The number of hydrogen-bond donors (Lipinski definition) is 0. The number of rotatable bonds is 6. The van der Waals surface area contributed by atoms with Crippen LogP contribution in [0.15, 0.2) is 53.2 Å². The molecule has 2 unspecified atom stereocenters. The molecule has 0 saturated carbocycles. The van der Waals surface area contributed by atoms with Gasteiger partial charge in [0.2, 0.25) is 0 Å². The van der Waals surface area contributed by atoms with E-state index < -0.39 is 23.8 Å². The van der Waals surface area contributed by atoms with Crippen molar-refractivity contribution in [3.8, 4) is 0 Å². The Balaban J connectivity index is 2.13. The van der Waals surface area contributed by atoms with E-state index >= 15 is 0 Å². The largest absolute Gasteiger partial charge is 0.469 e. The third kappa shape index (κ3) is 3.42. The number of benzene rings is 2. The Hall–Kier alpha value is -3.22. The third-order valence-corrected chi connectivity index (χ3v) is 4.12. The molecule has 0 aliphatic heterocycles. The summed E-state index contributed by atoms with van der Waals surface area (Å²) in [7, 11) is 1.30. The van der Waals surface area contributed by atoms with Crippen LogP contribution in [0.2, 0.25) is 0 Å². The molecule has 7 nitrogen and oxygen atoms in total. The lowest BCUT2D eigenvalue weighted by atomic mass is 9.81. The zero-order valence-electron chi connectivity index (χ0n) is 14.4. The topological polar surface area (TPSA) is 91.5 Å². The Morgan fingerprint density at radius 1 is 0.962 bits per heavy atom. The summed E-state index contributed by atoms with van der Waals surface area (Å²) in [5.74, 6) is -2.77. The average molecular weight is 354 g/mol. The summed E-state index contributed by atoms with van der Waals surface area (Å²) in [6, 6.07) is 14.1. The normalized spacial score (nSPS) is 13.2. The van der Waals surface area contributed by atoms with E-state index in [2.05, 4.69) is 10.3 Å². The summed E-state index contributed by atoms with van der Waals surface area (Å²) in [5.41, 5.74) is 2.29. The summed E-state index contributed by atoms with van der Waals surface area (Å²) in [5, 5.41) is 7.57. The van der Waals surface area contributed by atoms with Gasteiger partial charge in [0.1, 0.15) is 11.0 Å². The molecule has 26 heavy (non-hydrogen) atoms. The number of aromatic nitrogens is 2. The maximum Gasteiger partial charge on any atom is 0.314 e. The fourth-order valence-electron chi connectivity index (χ4n) is 2.94. The summed E-state index contributed by atoms with van der Waals surface area (Å²) in [6.07, 6.45) is 0. The molecule has 0 bridgehead atoms. The Kier molecular flexibility index (Phi) is 5.26. The van der Waals surface area contributed by atoms with Crippen molar-refractivity contribution in [2.24, 2.45) is 0 Å². The minimum Gasteiger partial charge on any atom is -0.469 e. The third-order valence-electron chi connectivity index (χ3n) is 4.12. The van der Waals surface area contributed by atoms with Crippen LogP contribution in [-0.2, 0) is 19.1 Å².